The minimum absolute atomic E-state index is 0.0429. The maximum absolute atomic E-state index is 12.2. The van der Waals surface area contributed by atoms with Crippen LogP contribution in [0.25, 0.3) is 0 Å². The van der Waals surface area contributed by atoms with E-state index >= 15 is 0 Å². The van der Waals surface area contributed by atoms with Gasteiger partial charge in [0.2, 0.25) is 0 Å². The fraction of sp³-hybridized carbons (Fsp3) is 0.213. The van der Waals surface area contributed by atoms with Gasteiger partial charge in [0, 0.05) is 48.3 Å². The summed E-state index contributed by atoms with van der Waals surface area (Å²) in [5.74, 6) is -0.236. The Bertz CT molecular complexity index is 2280. The number of rotatable bonds is 2. The van der Waals surface area contributed by atoms with Crippen LogP contribution < -0.4 is 0 Å². The number of phenols is 5. The zero-order valence-corrected chi connectivity index (χ0v) is 30.7. The minimum atomic E-state index is -0.627. The summed E-state index contributed by atoms with van der Waals surface area (Å²) in [7, 11) is 0. The number of phenolic OH excluding ortho intramolecular Hbond substituents is 5. The van der Waals surface area contributed by atoms with E-state index < -0.39 is 5.92 Å². The first-order valence-corrected chi connectivity index (χ1v) is 17.9. The number of benzene rings is 6. The molecule has 7 rings (SSSR count). The van der Waals surface area contributed by atoms with Crippen LogP contribution in [0.4, 0.5) is 0 Å². The van der Waals surface area contributed by atoms with Gasteiger partial charge in [-0.15, -0.1) is 0 Å². The molecule has 0 amide bonds. The standard InChI is InChI=1S/C47H44O6/c1-25-10-32-20-34-12-26(2)14-36(44(34)50)22-38-16-28(4)18-40(46(38)52)42(31-8-6-30(24-48)7-9-31)41-19-29(5)17-39(47(41)53)23-37-15-27(3)13-35(45(37)51)21-33(11-25)43(32)49/h6-19,24,42,49-53H,20-23H2,1-5H3. The largest absolute Gasteiger partial charge is 0.507 e. The van der Waals surface area contributed by atoms with Crippen molar-refractivity contribution in [3.63, 3.8) is 0 Å². The summed E-state index contributed by atoms with van der Waals surface area (Å²) in [6.07, 6.45) is 1.82. The molecular weight excluding hydrogens is 661 g/mol. The van der Waals surface area contributed by atoms with Crippen molar-refractivity contribution in [1.29, 1.82) is 0 Å². The van der Waals surface area contributed by atoms with Crippen molar-refractivity contribution in [2.45, 2.75) is 66.2 Å². The number of hydrogen-bond donors (Lipinski definition) is 5. The second-order valence-electron chi connectivity index (χ2n) is 14.9. The monoisotopic (exact) mass is 704 g/mol. The topological polar surface area (TPSA) is 118 Å². The van der Waals surface area contributed by atoms with Crippen molar-refractivity contribution >= 4 is 6.29 Å². The van der Waals surface area contributed by atoms with E-state index in [1.807, 2.05) is 107 Å². The van der Waals surface area contributed by atoms with Gasteiger partial charge in [-0.1, -0.05) is 113 Å². The van der Waals surface area contributed by atoms with Gasteiger partial charge in [0.15, 0.2) is 0 Å². The van der Waals surface area contributed by atoms with Crippen LogP contribution in [0.3, 0.4) is 0 Å². The molecule has 0 fully saturated rings. The van der Waals surface area contributed by atoms with Gasteiger partial charge >= 0.3 is 0 Å². The second-order valence-corrected chi connectivity index (χ2v) is 14.9. The molecule has 0 atom stereocenters. The molecule has 1 aliphatic rings. The summed E-state index contributed by atoms with van der Waals surface area (Å²) in [4.78, 5) is 11.6. The number of fused-ring (bicyclic) bond motifs is 10. The zero-order chi connectivity index (χ0) is 37.7. The molecule has 0 aliphatic heterocycles. The lowest BCUT2D eigenvalue weighted by molar-refractivity contribution is 0.112. The first-order chi connectivity index (χ1) is 25.3. The minimum Gasteiger partial charge on any atom is -0.507 e. The highest BCUT2D eigenvalue weighted by Crippen LogP contribution is 2.46. The number of aromatic hydroxyl groups is 5. The van der Waals surface area contributed by atoms with Gasteiger partial charge in [-0.2, -0.15) is 0 Å². The van der Waals surface area contributed by atoms with E-state index in [2.05, 4.69) is 0 Å². The third-order valence-electron chi connectivity index (χ3n) is 10.5. The van der Waals surface area contributed by atoms with Crippen LogP contribution in [0.15, 0.2) is 84.9 Å². The normalized spacial score (nSPS) is 13.1. The summed E-state index contributed by atoms with van der Waals surface area (Å²) in [5.41, 5.74) is 12.1. The fourth-order valence-corrected chi connectivity index (χ4v) is 8.20. The molecule has 6 heteroatoms. The molecule has 0 heterocycles. The van der Waals surface area contributed by atoms with Crippen LogP contribution in [-0.2, 0) is 25.7 Å². The van der Waals surface area contributed by atoms with Gasteiger partial charge in [0.25, 0.3) is 0 Å². The van der Waals surface area contributed by atoms with Crippen LogP contribution in [0.1, 0.15) is 105 Å². The van der Waals surface area contributed by atoms with Crippen LogP contribution in [0, 0.1) is 34.6 Å². The van der Waals surface area contributed by atoms with E-state index in [0.717, 1.165) is 39.7 Å². The lowest BCUT2D eigenvalue weighted by atomic mass is 9.80. The zero-order valence-electron chi connectivity index (χ0n) is 30.7. The summed E-state index contributed by atoms with van der Waals surface area (Å²) in [6.45, 7) is 9.80. The van der Waals surface area contributed by atoms with Crippen LogP contribution >= 0.6 is 0 Å². The quantitative estimate of drug-likeness (QED) is 0.115. The lowest BCUT2D eigenvalue weighted by Gasteiger charge is -2.25. The smallest absolute Gasteiger partial charge is 0.150 e. The first-order valence-electron chi connectivity index (χ1n) is 17.9. The molecule has 0 unspecified atom stereocenters. The highest BCUT2D eigenvalue weighted by molar-refractivity contribution is 5.75. The van der Waals surface area contributed by atoms with Gasteiger partial charge in [-0.05, 0) is 84.7 Å². The Morgan fingerprint density at radius 2 is 0.679 bits per heavy atom. The number of aldehydes is 1. The van der Waals surface area contributed by atoms with E-state index in [0.29, 0.717) is 61.2 Å². The van der Waals surface area contributed by atoms with Crippen molar-refractivity contribution in [3.8, 4) is 28.7 Å². The van der Waals surface area contributed by atoms with Gasteiger partial charge < -0.3 is 25.5 Å². The number of carbonyl (C=O) groups is 1. The molecule has 10 bridgehead atoms. The van der Waals surface area contributed by atoms with Crippen LogP contribution in [-0.4, -0.2) is 31.8 Å². The summed E-state index contributed by atoms with van der Waals surface area (Å²) >= 11 is 0. The van der Waals surface area contributed by atoms with Gasteiger partial charge in [0.05, 0.1) is 0 Å². The van der Waals surface area contributed by atoms with Gasteiger partial charge in [0.1, 0.15) is 35.0 Å². The Morgan fingerprint density at radius 1 is 0.415 bits per heavy atom. The Labute approximate surface area is 310 Å². The molecular formula is C47H44O6. The maximum atomic E-state index is 12.2. The average molecular weight is 705 g/mol. The Balaban J connectivity index is 1.53. The number of hydrogen-bond acceptors (Lipinski definition) is 6. The third-order valence-corrected chi connectivity index (χ3v) is 10.5. The van der Waals surface area contributed by atoms with E-state index in [1.165, 1.54) is 0 Å². The highest BCUT2D eigenvalue weighted by atomic mass is 16.3. The molecule has 0 saturated heterocycles. The Kier molecular flexibility index (Phi) is 9.25. The second kappa shape index (κ2) is 13.8. The van der Waals surface area contributed by atoms with Crippen molar-refractivity contribution in [1.82, 2.24) is 0 Å². The number of carbonyl (C=O) groups excluding carboxylic acids is 1. The molecule has 6 aromatic carbocycles. The molecule has 53 heavy (non-hydrogen) atoms. The van der Waals surface area contributed by atoms with Crippen LogP contribution in [0.2, 0.25) is 0 Å². The molecule has 268 valence electrons. The molecule has 0 saturated carbocycles. The lowest BCUT2D eigenvalue weighted by Crippen LogP contribution is -2.08. The molecule has 0 radical (unpaired) electrons. The Hall–Kier alpha value is -6.01. The van der Waals surface area contributed by atoms with Gasteiger partial charge in [-0.25, -0.2) is 0 Å². The molecule has 6 nitrogen and oxygen atoms in total. The molecule has 6 aromatic rings. The molecule has 0 aromatic heterocycles. The Morgan fingerprint density at radius 3 is 0.962 bits per heavy atom. The van der Waals surface area contributed by atoms with E-state index in [1.54, 1.807) is 12.1 Å². The summed E-state index contributed by atoms with van der Waals surface area (Å²) in [5, 5.41) is 59.5. The van der Waals surface area contributed by atoms with E-state index in [4.69, 9.17) is 0 Å². The molecule has 1 aliphatic carbocycles. The predicted molar refractivity (Wildman–Crippen MR) is 208 cm³/mol. The van der Waals surface area contributed by atoms with Gasteiger partial charge in [-0.3, -0.25) is 4.79 Å². The molecule has 5 N–H and O–H groups in total. The van der Waals surface area contributed by atoms with E-state index in [-0.39, 0.29) is 54.4 Å². The third kappa shape index (κ3) is 6.85. The molecule has 0 spiro atoms. The highest BCUT2D eigenvalue weighted by Gasteiger charge is 2.28. The van der Waals surface area contributed by atoms with Crippen molar-refractivity contribution < 1.29 is 30.3 Å². The van der Waals surface area contributed by atoms with Crippen molar-refractivity contribution in [2.75, 3.05) is 0 Å². The number of aryl methyl sites for hydroxylation is 5. The SMILES string of the molecule is Cc1cc2c(O)c(c1)Cc1cc(C)cc(c1O)Cc1cc(C)cc(c1O)C(c1ccc(C=O)cc1)c1cc(C)cc(c1O)Cc1cc(C)cc(c1O)C2. The summed E-state index contributed by atoms with van der Waals surface area (Å²) < 4.78 is 0. The average Bonchev–Trinajstić information content (AvgIpc) is 3.11. The predicted octanol–water partition coefficient (Wildman–Crippen LogP) is 9.43. The van der Waals surface area contributed by atoms with Crippen LogP contribution in [0.5, 0.6) is 28.7 Å². The van der Waals surface area contributed by atoms with E-state index in [9.17, 15) is 30.3 Å². The van der Waals surface area contributed by atoms with Crippen molar-refractivity contribution in [3.05, 3.63) is 180 Å². The van der Waals surface area contributed by atoms with Crippen molar-refractivity contribution in [2.24, 2.45) is 0 Å². The maximum Gasteiger partial charge on any atom is 0.150 e. The first kappa shape index (κ1) is 35.4. The summed E-state index contributed by atoms with van der Waals surface area (Å²) in [6, 6.07) is 26.3. The fourth-order valence-electron chi connectivity index (χ4n) is 8.20.